The first-order valence-electron chi connectivity index (χ1n) is 10.3. The van der Waals surface area contributed by atoms with Crippen molar-refractivity contribution in [3.8, 4) is 5.75 Å². The van der Waals surface area contributed by atoms with Crippen LogP contribution in [-0.2, 0) is 14.4 Å². The highest BCUT2D eigenvalue weighted by Crippen LogP contribution is 2.33. The zero-order valence-corrected chi connectivity index (χ0v) is 19.0. The van der Waals surface area contributed by atoms with E-state index in [-0.39, 0.29) is 24.1 Å². The highest BCUT2D eigenvalue weighted by Gasteiger charge is 2.43. The molecule has 1 saturated heterocycles. The van der Waals surface area contributed by atoms with E-state index in [0.717, 1.165) is 0 Å². The number of anilines is 1. The number of hydrogen-bond donors (Lipinski definition) is 2. The molecule has 0 bridgehead atoms. The minimum absolute atomic E-state index is 0.0615. The number of thioether (sulfide) groups is 1. The van der Waals surface area contributed by atoms with Gasteiger partial charge in [-0.25, -0.2) is 4.99 Å². The average Bonchev–Trinajstić information content (AvgIpc) is 3.08. The number of carbonyl (C=O) groups is 3. The van der Waals surface area contributed by atoms with Crippen molar-refractivity contribution in [1.82, 2.24) is 10.2 Å². The number of nitrogens with one attached hydrogen (secondary N) is 2. The molecule has 0 saturated carbocycles. The van der Waals surface area contributed by atoms with Gasteiger partial charge in [-0.15, -0.1) is 0 Å². The van der Waals surface area contributed by atoms with Crippen molar-refractivity contribution in [2.75, 3.05) is 19.0 Å². The van der Waals surface area contributed by atoms with Crippen LogP contribution in [-0.4, -0.2) is 52.7 Å². The summed E-state index contributed by atoms with van der Waals surface area (Å²) in [6, 6.07) is 15.5. The maximum atomic E-state index is 13.2. The van der Waals surface area contributed by atoms with Crippen molar-refractivity contribution in [2.45, 2.75) is 31.6 Å². The summed E-state index contributed by atoms with van der Waals surface area (Å²) in [6.45, 7) is 3.92. The maximum absolute atomic E-state index is 13.2. The molecular formula is C23H26N4O4S. The first kappa shape index (κ1) is 23.3. The lowest BCUT2D eigenvalue weighted by Gasteiger charge is -2.23. The zero-order valence-electron chi connectivity index (χ0n) is 18.2. The number of para-hydroxylation sites is 3. The third-order valence-electron chi connectivity index (χ3n) is 4.82. The lowest BCUT2D eigenvalue weighted by atomic mass is 10.2. The highest BCUT2D eigenvalue weighted by molar-refractivity contribution is 8.15. The molecule has 2 aromatic carbocycles. The number of ether oxygens (including phenoxy) is 1. The van der Waals surface area contributed by atoms with Crippen LogP contribution in [0.2, 0.25) is 0 Å². The molecule has 1 heterocycles. The second kappa shape index (κ2) is 10.8. The number of methoxy groups -OCH3 is 1. The molecule has 2 unspecified atom stereocenters. The van der Waals surface area contributed by atoms with Crippen LogP contribution in [0, 0.1) is 0 Å². The summed E-state index contributed by atoms with van der Waals surface area (Å²) < 4.78 is 5.26. The number of amides is 3. The van der Waals surface area contributed by atoms with Crippen LogP contribution in [0.1, 0.15) is 20.3 Å². The Labute approximate surface area is 191 Å². The number of amidine groups is 1. The molecule has 0 spiro atoms. The van der Waals surface area contributed by atoms with Crippen LogP contribution in [0.4, 0.5) is 11.4 Å². The fourth-order valence-electron chi connectivity index (χ4n) is 3.22. The quantitative estimate of drug-likeness (QED) is 0.638. The molecule has 2 aromatic rings. The second-order valence-electron chi connectivity index (χ2n) is 7.07. The van der Waals surface area contributed by atoms with Crippen LogP contribution in [0.25, 0.3) is 0 Å². The van der Waals surface area contributed by atoms with Crippen LogP contribution < -0.4 is 15.4 Å². The van der Waals surface area contributed by atoms with Gasteiger partial charge < -0.3 is 15.4 Å². The lowest BCUT2D eigenvalue weighted by Crippen LogP contribution is -2.48. The van der Waals surface area contributed by atoms with Crippen molar-refractivity contribution in [1.29, 1.82) is 0 Å². The maximum Gasteiger partial charge on any atom is 0.243 e. The number of nitrogens with zero attached hydrogens (tertiary/aromatic N) is 2. The molecule has 3 rings (SSSR count). The fraction of sp³-hybridized carbons (Fsp3) is 0.304. The van der Waals surface area contributed by atoms with E-state index in [1.165, 1.54) is 23.8 Å². The number of aliphatic imine (C=N–C) groups is 1. The Kier molecular flexibility index (Phi) is 7.88. The van der Waals surface area contributed by atoms with Gasteiger partial charge in [0, 0.05) is 13.0 Å². The summed E-state index contributed by atoms with van der Waals surface area (Å²) in [5.74, 6) is -0.393. The second-order valence-corrected chi connectivity index (χ2v) is 8.24. The predicted octanol–water partition coefficient (Wildman–Crippen LogP) is 3.18. The molecule has 2 N–H and O–H groups in total. The molecule has 2 atom stereocenters. The number of benzene rings is 2. The number of rotatable bonds is 8. The van der Waals surface area contributed by atoms with Gasteiger partial charge in [0.25, 0.3) is 0 Å². The van der Waals surface area contributed by atoms with Crippen LogP contribution in [0.5, 0.6) is 5.75 Å². The topological polar surface area (TPSA) is 100 Å². The van der Waals surface area contributed by atoms with Gasteiger partial charge >= 0.3 is 0 Å². The molecule has 1 fully saturated rings. The van der Waals surface area contributed by atoms with E-state index in [1.54, 1.807) is 31.2 Å². The first-order valence-corrected chi connectivity index (χ1v) is 11.2. The van der Waals surface area contributed by atoms with Crippen molar-refractivity contribution in [3.05, 3.63) is 54.6 Å². The number of carbonyl (C=O) groups excluding carboxylic acids is 3. The Bertz CT molecular complexity index is 1010. The molecule has 3 amide bonds. The van der Waals surface area contributed by atoms with E-state index in [9.17, 15) is 14.4 Å². The molecular weight excluding hydrogens is 428 g/mol. The summed E-state index contributed by atoms with van der Waals surface area (Å²) in [7, 11) is 1.52. The van der Waals surface area contributed by atoms with Gasteiger partial charge in [-0.05, 0) is 38.1 Å². The SMILES string of the molecule is CCNC(=O)C(C)N1C(=O)C(CC(=O)Nc2ccccc2OC)SC1=Nc1ccccc1. The predicted molar refractivity (Wildman–Crippen MR) is 126 cm³/mol. The Morgan fingerprint density at radius 1 is 1.16 bits per heavy atom. The van der Waals surface area contributed by atoms with Gasteiger partial charge in [0.15, 0.2) is 5.17 Å². The number of likely N-dealkylation sites (N-methyl/N-ethyl adjacent to an activating group) is 1. The van der Waals surface area contributed by atoms with Crippen molar-refractivity contribution < 1.29 is 19.1 Å². The summed E-state index contributed by atoms with van der Waals surface area (Å²) >= 11 is 1.19. The third kappa shape index (κ3) is 5.47. The molecule has 168 valence electrons. The van der Waals surface area contributed by atoms with E-state index in [2.05, 4.69) is 15.6 Å². The van der Waals surface area contributed by atoms with Gasteiger partial charge in [0.2, 0.25) is 17.7 Å². The minimum atomic E-state index is -0.750. The minimum Gasteiger partial charge on any atom is -0.495 e. The summed E-state index contributed by atoms with van der Waals surface area (Å²) in [6.07, 6.45) is -0.0615. The van der Waals surface area contributed by atoms with Gasteiger partial charge in [0.1, 0.15) is 17.0 Å². The van der Waals surface area contributed by atoms with E-state index >= 15 is 0 Å². The molecule has 9 heteroatoms. The van der Waals surface area contributed by atoms with Crippen LogP contribution in [0.15, 0.2) is 59.6 Å². The molecule has 1 aliphatic rings. The Balaban J connectivity index is 1.81. The Morgan fingerprint density at radius 3 is 2.53 bits per heavy atom. The van der Waals surface area contributed by atoms with Crippen molar-refractivity contribution >= 4 is 46.0 Å². The summed E-state index contributed by atoms with van der Waals surface area (Å²) in [5, 5.41) is 5.24. The van der Waals surface area contributed by atoms with E-state index in [1.807, 2.05) is 37.3 Å². The normalized spacial score (nSPS) is 17.8. The Hall–Kier alpha value is -3.33. The average molecular weight is 455 g/mol. The summed E-state index contributed by atoms with van der Waals surface area (Å²) in [5.41, 5.74) is 1.19. The summed E-state index contributed by atoms with van der Waals surface area (Å²) in [4.78, 5) is 44.3. The fourth-order valence-corrected chi connectivity index (χ4v) is 4.44. The molecule has 32 heavy (non-hydrogen) atoms. The van der Waals surface area contributed by atoms with Crippen molar-refractivity contribution in [2.24, 2.45) is 4.99 Å². The molecule has 0 aliphatic carbocycles. The lowest BCUT2D eigenvalue weighted by molar-refractivity contribution is -0.135. The van der Waals surface area contributed by atoms with Gasteiger partial charge in [-0.1, -0.05) is 42.1 Å². The standard InChI is InChI=1S/C23H26N4O4S/c1-4-24-21(29)15(2)27-22(30)19(32-23(27)25-16-10-6-5-7-11-16)14-20(28)26-17-12-8-9-13-18(17)31-3/h5-13,15,19H,4,14H2,1-3H3,(H,24,29)(H,26,28). The molecule has 1 aliphatic heterocycles. The van der Waals surface area contributed by atoms with Crippen LogP contribution in [0.3, 0.4) is 0 Å². The molecule has 8 nitrogen and oxygen atoms in total. The molecule has 0 radical (unpaired) electrons. The van der Waals surface area contributed by atoms with Gasteiger partial charge in [-0.2, -0.15) is 0 Å². The van der Waals surface area contributed by atoms with Gasteiger partial charge in [0.05, 0.1) is 18.5 Å². The van der Waals surface area contributed by atoms with Crippen LogP contribution >= 0.6 is 11.8 Å². The molecule has 0 aromatic heterocycles. The smallest absolute Gasteiger partial charge is 0.243 e. The highest BCUT2D eigenvalue weighted by atomic mass is 32.2. The number of hydrogen-bond acceptors (Lipinski definition) is 6. The van der Waals surface area contributed by atoms with E-state index in [4.69, 9.17) is 4.74 Å². The van der Waals surface area contributed by atoms with Crippen molar-refractivity contribution in [3.63, 3.8) is 0 Å². The zero-order chi connectivity index (χ0) is 23.1. The first-order chi connectivity index (χ1) is 15.4. The van der Waals surface area contributed by atoms with E-state index < -0.39 is 11.3 Å². The van der Waals surface area contributed by atoms with Gasteiger partial charge in [-0.3, -0.25) is 19.3 Å². The third-order valence-corrected chi connectivity index (χ3v) is 5.97. The van der Waals surface area contributed by atoms with E-state index in [0.29, 0.717) is 28.8 Å². The largest absolute Gasteiger partial charge is 0.495 e. The Morgan fingerprint density at radius 2 is 1.84 bits per heavy atom. The monoisotopic (exact) mass is 454 g/mol.